The second-order valence-corrected chi connectivity index (χ2v) is 21.7. The minimum Gasteiger partial charge on any atom is -0.490 e. The van der Waals surface area contributed by atoms with Crippen molar-refractivity contribution in [2.45, 2.75) is 151 Å². The molecule has 4 aromatic carbocycles. The van der Waals surface area contributed by atoms with E-state index in [-0.39, 0.29) is 17.8 Å². The van der Waals surface area contributed by atoms with Crippen molar-refractivity contribution >= 4 is 33.5 Å². The van der Waals surface area contributed by atoms with Gasteiger partial charge in [0.25, 0.3) is 0 Å². The van der Waals surface area contributed by atoms with E-state index in [0.717, 1.165) is 114 Å². The lowest BCUT2D eigenvalue weighted by molar-refractivity contribution is -0.149. The predicted molar refractivity (Wildman–Crippen MR) is 260 cm³/mol. The molecule has 2 aliphatic heterocycles. The van der Waals surface area contributed by atoms with Gasteiger partial charge in [-0.05, 0) is 190 Å². The first kappa shape index (κ1) is 47.8. The summed E-state index contributed by atoms with van der Waals surface area (Å²) in [6.07, 6.45) is 13.6. The van der Waals surface area contributed by atoms with Gasteiger partial charge in [0.1, 0.15) is 11.5 Å². The SMILES string of the molecule is CC(C)(C)C1CCC(Oc2ccc3c(CN4CCC(C(=O)O)CC4)cccc3c2)CC1.CCOC(=O)C1CCN(Cc2cccc3cc(OC4CCC(C(C)(C)C)CC4)ccc23)CC1. The number of carbonyl (C=O) groups excluding carboxylic acids is 1. The number of esters is 1. The highest BCUT2D eigenvalue weighted by atomic mass is 16.5. The lowest BCUT2D eigenvalue weighted by atomic mass is 9.72. The topological polar surface area (TPSA) is 88.5 Å². The number of aliphatic carboxylic acids is 1. The number of hydrogen-bond donors (Lipinski definition) is 1. The number of benzene rings is 4. The summed E-state index contributed by atoms with van der Waals surface area (Å²) in [6, 6.07) is 26.2. The van der Waals surface area contributed by atoms with Gasteiger partial charge in [0.15, 0.2) is 0 Å². The van der Waals surface area contributed by atoms with E-state index >= 15 is 0 Å². The van der Waals surface area contributed by atoms with Crippen LogP contribution in [0.15, 0.2) is 72.8 Å². The van der Waals surface area contributed by atoms with Crippen molar-refractivity contribution < 1.29 is 28.9 Å². The third-order valence-corrected chi connectivity index (χ3v) is 15.2. The minimum absolute atomic E-state index is 0.0262. The first-order chi connectivity index (χ1) is 30.6. The van der Waals surface area contributed by atoms with Gasteiger partial charge in [0.05, 0.1) is 30.7 Å². The molecule has 4 aliphatic rings. The molecule has 2 saturated heterocycles. The van der Waals surface area contributed by atoms with E-state index in [1.54, 1.807) is 0 Å². The Bertz CT molecular complexity index is 2140. The molecule has 348 valence electrons. The van der Waals surface area contributed by atoms with Crippen molar-refractivity contribution in [1.29, 1.82) is 0 Å². The Labute approximate surface area is 384 Å². The van der Waals surface area contributed by atoms with Crippen LogP contribution >= 0.6 is 0 Å². The molecule has 2 heterocycles. The van der Waals surface area contributed by atoms with Gasteiger partial charge in [-0.3, -0.25) is 19.4 Å². The standard InChI is InChI=1S/C29H41NO3.C27H37NO3/c1-5-32-28(31)21-15-17-30(18-16-21)20-23-8-6-7-22-19-26(13-14-27(22)23)33-25-11-9-24(10-12-25)29(2,3)4;1-27(2,3)22-7-9-23(10-8-22)31-24-11-12-25-20(17-24)5-4-6-21(25)18-28-15-13-19(14-16-28)26(29)30/h6-8,13-14,19,21,24-25H,5,9-12,15-18,20H2,1-4H3;4-6,11-12,17,19,22-23H,7-10,13-16,18H2,1-3H3,(H,29,30). The smallest absolute Gasteiger partial charge is 0.309 e. The van der Waals surface area contributed by atoms with Crippen molar-refractivity contribution in [3.8, 4) is 11.5 Å². The summed E-state index contributed by atoms with van der Waals surface area (Å²) >= 11 is 0. The summed E-state index contributed by atoms with van der Waals surface area (Å²) in [7, 11) is 0. The monoisotopic (exact) mass is 875 g/mol. The number of carboxylic acid groups (broad SMARTS) is 1. The second kappa shape index (κ2) is 21.4. The molecular formula is C56H78N2O6. The molecule has 0 unspecified atom stereocenters. The summed E-state index contributed by atoms with van der Waals surface area (Å²) in [5.74, 6) is 2.78. The van der Waals surface area contributed by atoms with Gasteiger partial charge in [0, 0.05) is 13.1 Å². The van der Waals surface area contributed by atoms with E-state index in [1.807, 2.05) is 6.92 Å². The van der Waals surface area contributed by atoms with Crippen LogP contribution in [0.2, 0.25) is 0 Å². The van der Waals surface area contributed by atoms with E-state index in [2.05, 4.69) is 124 Å². The molecule has 0 bridgehead atoms. The molecular weight excluding hydrogens is 797 g/mol. The molecule has 2 saturated carbocycles. The summed E-state index contributed by atoms with van der Waals surface area (Å²) in [5.41, 5.74) is 3.45. The number of carboxylic acids is 1. The summed E-state index contributed by atoms with van der Waals surface area (Å²) in [5, 5.41) is 14.3. The summed E-state index contributed by atoms with van der Waals surface area (Å²) in [6.45, 7) is 21.9. The molecule has 8 heteroatoms. The van der Waals surface area contributed by atoms with Gasteiger partial charge in [-0.2, -0.15) is 0 Å². The van der Waals surface area contributed by atoms with Gasteiger partial charge in [-0.15, -0.1) is 0 Å². The zero-order chi connectivity index (χ0) is 45.4. The molecule has 4 aromatic rings. The molecule has 0 amide bonds. The quantitative estimate of drug-likeness (QED) is 0.149. The van der Waals surface area contributed by atoms with Crippen LogP contribution < -0.4 is 9.47 Å². The van der Waals surface area contributed by atoms with Crippen LogP contribution in [0, 0.1) is 34.5 Å². The highest BCUT2D eigenvalue weighted by Gasteiger charge is 2.32. The largest absolute Gasteiger partial charge is 0.490 e. The normalized spacial score (nSPS) is 23.3. The maximum atomic E-state index is 12.0. The average molecular weight is 875 g/mol. The van der Waals surface area contributed by atoms with Crippen LogP contribution in [0.1, 0.15) is 137 Å². The van der Waals surface area contributed by atoms with Gasteiger partial charge < -0.3 is 19.3 Å². The molecule has 2 aliphatic carbocycles. The zero-order valence-corrected chi connectivity index (χ0v) is 40.2. The van der Waals surface area contributed by atoms with Gasteiger partial charge in [-0.25, -0.2) is 0 Å². The third-order valence-electron chi connectivity index (χ3n) is 15.2. The number of rotatable bonds is 11. The van der Waals surface area contributed by atoms with Crippen molar-refractivity contribution in [3.63, 3.8) is 0 Å². The van der Waals surface area contributed by atoms with E-state index in [4.69, 9.17) is 14.2 Å². The van der Waals surface area contributed by atoms with Crippen LogP contribution in [0.3, 0.4) is 0 Å². The molecule has 1 N–H and O–H groups in total. The predicted octanol–water partition coefficient (Wildman–Crippen LogP) is 12.7. The fourth-order valence-corrected chi connectivity index (χ4v) is 11.0. The maximum Gasteiger partial charge on any atom is 0.309 e. The number of nitrogens with zero attached hydrogens (tertiary/aromatic N) is 2. The number of hydrogen-bond acceptors (Lipinski definition) is 7. The lowest BCUT2D eigenvalue weighted by Gasteiger charge is -2.37. The number of carbonyl (C=O) groups is 2. The highest BCUT2D eigenvalue weighted by molar-refractivity contribution is 5.88. The number of fused-ring (bicyclic) bond motifs is 2. The Hall–Kier alpha value is -4.14. The Morgan fingerprint density at radius 2 is 0.969 bits per heavy atom. The van der Waals surface area contributed by atoms with Crippen molar-refractivity contribution in [1.82, 2.24) is 9.80 Å². The Morgan fingerprint density at radius 1 is 0.562 bits per heavy atom. The molecule has 8 nitrogen and oxygen atoms in total. The van der Waals surface area contributed by atoms with Crippen molar-refractivity contribution in [2.75, 3.05) is 32.8 Å². The van der Waals surface area contributed by atoms with E-state index in [9.17, 15) is 14.7 Å². The van der Waals surface area contributed by atoms with E-state index in [1.165, 1.54) is 58.4 Å². The molecule has 0 spiro atoms. The van der Waals surface area contributed by atoms with Crippen LogP contribution in [-0.4, -0.2) is 71.8 Å². The third kappa shape index (κ3) is 12.8. The molecule has 0 aromatic heterocycles. The summed E-state index contributed by atoms with van der Waals surface area (Å²) in [4.78, 5) is 28.1. The Kier molecular flexibility index (Phi) is 16.0. The first-order valence-corrected chi connectivity index (χ1v) is 24.8. The molecule has 0 radical (unpaired) electrons. The minimum atomic E-state index is -0.649. The van der Waals surface area contributed by atoms with Crippen LogP contribution in [-0.2, 0) is 27.4 Å². The highest BCUT2D eigenvalue weighted by Crippen LogP contribution is 2.41. The fraction of sp³-hybridized carbons (Fsp3) is 0.607. The summed E-state index contributed by atoms with van der Waals surface area (Å²) < 4.78 is 18.0. The van der Waals surface area contributed by atoms with Gasteiger partial charge >= 0.3 is 11.9 Å². The van der Waals surface area contributed by atoms with Crippen molar-refractivity contribution in [2.24, 2.45) is 34.5 Å². The fourth-order valence-electron chi connectivity index (χ4n) is 11.0. The van der Waals surface area contributed by atoms with Crippen LogP contribution in [0.25, 0.3) is 21.5 Å². The first-order valence-electron chi connectivity index (χ1n) is 24.8. The molecule has 64 heavy (non-hydrogen) atoms. The number of piperidine rings is 2. The molecule has 4 fully saturated rings. The Balaban J connectivity index is 0.000000192. The number of ether oxygens (including phenoxy) is 3. The van der Waals surface area contributed by atoms with Crippen LogP contribution in [0.4, 0.5) is 0 Å². The van der Waals surface area contributed by atoms with Gasteiger partial charge in [0.2, 0.25) is 0 Å². The Morgan fingerprint density at radius 3 is 1.34 bits per heavy atom. The van der Waals surface area contributed by atoms with Crippen LogP contribution in [0.5, 0.6) is 11.5 Å². The molecule has 0 atom stereocenters. The number of likely N-dealkylation sites (tertiary alicyclic amines) is 2. The second-order valence-electron chi connectivity index (χ2n) is 21.7. The van der Waals surface area contributed by atoms with Crippen molar-refractivity contribution in [3.05, 3.63) is 83.9 Å². The average Bonchev–Trinajstić information content (AvgIpc) is 3.27. The molecule has 8 rings (SSSR count). The van der Waals surface area contributed by atoms with E-state index < -0.39 is 5.97 Å². The zero-order valence-electron chi connectivity index (χ0n) is 40.2. The van der Waals surface area contributed by atoms with Gasteiger partial charge in [-0.1, -0.05) is 90.1 Å². The maximum absolute atomic E-state index is 12.0. The van der Waals surface area contributed by atoms with E-state index in [0.29, 0.717) is 29.6 Å². The lowest BCUT2D eigenvalue weighted by Crippen LogP contribution is -2.36.